The molecule has 34 heavy (non-hydrogen) atoms. The van der Waals surface area contributed by atoms with E-state index in [1.165, 1.54) is 20.3 Å². The molecule has 0 aliphatic rings. The summed E-state index contributed by atoms with van der Waals surface area (Å²) >= 11 is 0. The number of hydrogen-bond donors (Lipinski definition) is 1. The minimum Gasteiger partial charge on any atom is -0.493 e. The predicted molar refractivity (Wildman–Crippen MR) is 118 cm³/mol. The fourth-order valence-corrected chi connectivity index (χ4v) is 3.12. The summed E-state index contributed by atoms with van der Waals surface area (Å²) in [6.45, 7) is 1.46. The van der Waals surface area contributed by atoms with Crippen molar-refractivity contribution in [2.45, 2.75) is 13.5 Å². The van der Waals surface area contributed by atoms with Crippen molar-refractivity contribution in [1.82, 2.24) is 0 Å². The van der Waals surface area contributed by atoms with Gasteiger partial charge in [0.15, 0.2) is 11.5 Å². The van der Waals surface area contributed by atoms with E-state index in [4.69, 9.17) is 23.4 Å². The zero-order valence-electron chi connectivity index (χ0n) is 18.4. The van der Waals surface area contributed by atoms with Crippen LogP contribution >= 0.6 is 0 Å². The zero-order valence-corrected chi connectivity index (χ0v) is 18.4. The molecule has 3 aromatic rings. The number of rotatable bonds is 8. The second kappa shape index (κ2) is 10.3. The van der Waals surface area contributed by atoms with Gasteiger partial charge in [-0.25, -0.2) is 14.4 Å². The first-order chi connectivity index (χ1) is 16.3. The molecule has 178 valence electrons. The van der Waals surface area contributed by atoms with Gasteiger partial charge in [-0.1, -0.05) is 0 Å². The average Bonchev–Trinajstić information content (AvgIpc) is 2.81. The topological polar surface area (TPSA) is 156 Å². The monoisotopic (exact) mass is 472 g/mol. The lowest BCUT2D eigenvalue weighted by atomic mass is 10.1. The number of hydrogen-bond acceptors (Lipinski definition) is 10. The number of ether oxygens (including phenoxy) is 4. The Kier molecular flexibility index (Phi) is 7.31. The molecule has 0 fully saturated rings. The first kappa shape index (κ1) is 24.0. The number of nitro benzene ring substituents is 1. The molecule has 0 unspecified atom stereocenters. The Morgan fingerprint density at radius 3 is 2.41 bits per heavy atom. The number of nitrogens with one attached hydrogen (secondary N) is 1. The van der Waals surface area contributed by atoms with Crippen LogP contribution in [0.15, 0.2) is 45.6 Å². The Labute approximate surface area is 192 Å². The van der Waals surface area contributed by atoms with E-state index in [-0.39, 0.29) is 35.9 Å². The lowest BCUT2D eigenvalue weighted by Crippen LogP contribution is -2.13. The van der Waals surface area contributed by atoms with E-state index in [0.29, 0.717) is 16.6 Å². The molecule has 0 spiro atoms. The maximum absolute atomic E-state index is 12.7. The van der Waals surface area contributed by atoms with E-state index in [9.17, 15) is 24.5 Å². The van der Waals surface area contributed by atoms with Crippen molar-refractivity contribution in [3.05, 3.63) is 68.1 Å². The molecule has 0 bridgehead atoms. The second-order valence-electron chi connectivity index (χ2n) is 6.70. The molecule has 0 radical (unpaired) electrons. The summed E-state index contributed by atoms with van der Waals surface area (Å²) in [5, 5.41) is 14.4. The van der Waals surface area contributed by atoms with E-state index in [1.807, 2.05) is 0 Å². The van der Waals surface area contributed by atoms with Crippen molar-refractivity contribution in [2.24, 2.45) is 0 Å². The summed E-state index contributed by atoms with van der Waals surface area (Å²) in [5.41, 5.74) is -0.853. The molecule has 2 aromatic carbocycles. The number of nitrogens with zero attached hydrogens (tertiary/aromatic N) is 1. The van der Waals surface area contributed by atoms with Gasteiger partial charge in [0.05, 0.1) is 31.8 Å². The number of carbonyl (C=O) groups is 2. The van der Waals surface area contributed by atoms with Crippen LogP contribution in [0.3, 0.4) is 0 Å². The normalized spacial score (nSPS) is 10.4. The van der Waals surface area contributed by atoms with Crippen LogP contribution in [-0.4, -0.2) is 37.8 Å². The molecule has 0 saturated heterocycles. The molecule has 12 heteroatoms. The summed E-state index contributed by atoms with van der Waals surface area (Å²) in [6, 6.07) is 7.85. The molecular formula is C22H20N2O10. The molecule has 0 aliphatic heterocycles. The highest BCUT2D eigenvalue weighted by atomic mass is 16.6. The van der Waals surface area contributed by atoms with Crippen molar-refractivity contribution >= 4 is 34.4 Å². The number of methoxy groups -OCH3 is 2. The third-order valence-corrected chi connectivity index (χ3v) is 4.63. The molecule has 1 heterocycles. The number of amides is 1. The first-order valence-electron chi connectivity index (χ1n) is 9.85. The molecule has 12 nitrogen and oxygen atoms in total. The molecule has 0 atom stereocenters. The Morgan fingerprint density at radius 1 is 1.06 bits per heavy atom. The van der Waals surface area contributed by atoms with Crippen LogP contribution in [0.4, 0.5) is 16.2 Å². The highest BCUT2D eigenvalue weighted by Crippen LogP contribution is 2.35. The van der Waals surface area contributed by atoms with Crippen LogP contribution in [0.25, 0.3) is 11.0 Å². The Balaban J connectivity index is 1.89. The van der Waals surface area contributed by atoms with E-state index in [0.717, 1.165) is 18.2 Å². The Bertz CT molecular complexity index is 1320. The van der Waals surface area contributed by atoms with Crippen LogP contribution in [0.1, 0.15) is 22.8 Å². The van der Waals surface area contributed by atoms with Gasteiger partial charge in [-0.05, 0) is 19.1 Å². The fraction of sp³-hybridized carbons (Fsp3) is 0.227. The predicted octanol–water partition coefficient (Wildman–Crippen LogP) is 3.64. The van der Waals surface area contributed by atoms with Crippen molar-refractivity contribution in [3.63, 3.8) is 0 Å². The van der Waals surface area contributed by atoms with Gasteiger partial charge in [0.1, 0.15) is 17.8 Å². The first-order valence-corrected chi connectivity index (χ1v) is 9.85. The second-order valence-corrected chi connectivity index (χ2v) is 6.70. The van der Waals surface area contributed by atoms with E-state index in [1.54, 1.807) is 19.1 Å². The fourth-order valence-electron chi connectivity index (χ4n) is 3.12. The van der Waals surface area contributed by atoms with Crippen LogP contribution in [0, 0.1) is 10.1 Å². The summed E-state index contributed by atoms with van der Waals surface area (Å²) in [7, 11) is 2.62. The van der Waals surface area contributed by atoms with Gasteiger partial charge >= 0.3 is 17.7 Å². The average molecular weight is 472 g/mol. The third kappa shape index (κ3) is 5.23. The number of anilines is 1. The summed E-state index contributed by atoms with van der Waals surface area (Å²) in [5.74, 6) is -0.827. The van der Waals surface area contributed by atoms with Gasteiger partial charge in [-0.15, -0.1) is 0 Å². The number of benzene rings is 2. The van der Waals surface area contributed by atoms with Crippen LogP contribution in [-0.2, 0) is 16.1 Å². The van der Waals surface area contributed by atoms with E-state index >= 15 is 0 Å². The Hall–Kier alpha value is -4.61. The Morgan fingerprint density at radius 2 is 1.76 bits per heavy atom. The number of carbonyl (C=O) groups excluding carboxylic acids is 2. The lowest BCUT2D eigenvalue weighted by Gasteiger charge is -2.11. The number of fused-ring (bicyclic) bond motifs is 1. The molecule has 1 N–H and O–H groups in total. The van der Waals surface area contributed by atoms with Crippen molar-refractivity contribution in [3.8, 4) is 11.5 Å². The molecule has 3 rings (SSSR count). The highest BCUT2D eigenvalue weighted by Gasteiger charge is 2.26. The van der Waals surface area contributed by atoms with Gasteiger partial charge in [0.25, 0.3) is 5.69 Å². The van der Waals surface area contributed by atoms with Crippen LogP contribution < -0.4 is 20.4 Å². The standard InChI is InChI=1S/C22H20N2O10/c1-4-32-22(27)23-13-5-6-14-12(7-20(25)34-17(14)8-13)11-33-21(26)15-9-18(30-2)19(31-3)10-16(15)24(28)29/h5-10H,4,11H2,1-3H3,(H,23,27). The smallest absolute Gasteiger partial charge is 0.411 e. The SMILES string of the molecule is CCOC(=O)Nc1ccc2c(COC(=O)c3cc(OC)c(OC)cc3[N+](=O)[O-])cc(=O)oc2c1. The quantitative estimate of drug-likeness (QED) is 0.222. The third-order valence-electron chi connectivity index (χ3n) is 4.63. The van der Waals surface area contributed by atoms with Gasteiger partial charge in [0.2, 0.25) is 0 Å². The van der Waals surface area contributed by atoms with Gasteiger partial charge in [-0.2, -0.15) is 0 Å². The van der Waals surface area contributed by atoms with E-state index in [2.05, 4.69) is 5.32 Å². The molecule has 0 saturated carbocycles. The van der Waals surface area contributed by atoms with Crippen molar-refractivity contribution in [2.75, 3.05) is 26.1 Å². The maximum Gasteiger partial charge on any atom is 0.411 e. The van der Waals surface area contributed by atoms with Crippen LogP contribution in [0.5, 0.6) is 11.5 Å². The maximum atomic E-state index is 12.7. The van der Waals surface area contributed by atoms with E-state index < -0.39 is 28.3 Å². The summed E-state index contributed by atoms with van der Waals surface area (Å²) < 4.78 is 25.4. The molecule has 0 aliphatic carbocycles. The molecular weight excluding hydrogens is 452 g/mol. The van der Waals surface area contributed by atoms with Gasteiger partial charge in [0, 0.05) is 34.8 Å². The zero-order chi connectivity index (χ0) is 24.8. The van der Waals surface area contributed by atoms with Gasteiger partial charge in [-0.3, -0.25) is 15.4 Å². The summed E-state index contributed by atoms with van der Waals surface area (Å²) in [4.78, 5) is 47.0. The number of esters is 1. The summed E-state index contributed by atoms with van der Waals surface area (Å²) in [6.07, 6.45) is -0.675. The van der Waals surface area contributed by atoms with Crippen molar-refractivity contribution < 1.29 is 37.9 Å². The minimum atomic E-state index is -1.00. The van der Waals surface area contributed by atoms with Crippen molar-refractivity contribution in [1.29, 1.82) is 0 Å². The minimum absolute atomic E-state index is 0.0737. The highest BCUT2D eigenvalue weighted by molar-refractivity contribution is 5.95. The molecule has 1 amide bonds. The van der Waals surface area contributed by atoms with Gasteiger partial charge < -0.3 is 23.4 Å². The van der Waals surface area contributed by atoms with Crippen LogP contribution in [0.2, 0.25) is 0 Å². The number of nitro groups is 1. The lowest BCUT2D eigenvalue weighted by molar-refractivity contribution is -0.385. The molecule has 1 aromatic heterocycles. The largest absolute Gasteiger partial charge is 0.493 e.